The van der Waals surface area contributed by atoms with Crippen molar-refractivity contribution >= 4 is 28.1 Å². The Morgan fingerprint density at radius 1 is 1.05 bits per heavy atom. The van der Waals surface area contributed by atoms with Crippen LogP contribution in [0.4, 0.5) is 5.00 Å². The lowest BCUT2D eigenvalue weighted by molar-refractivity contribution is 0.414. The maximum absolute atomic E-state index is 5.65. The largest absolute Gasteiger partial charge is 0.496 e. The van der Waals surface area contributed by atoms with Gasteiger partial charge in [0, 0.05) is 46.4 Å². The summed E-state index contributed by atoms with van der Waals surface area (Å²) in [7, 11) is 1.61. The van der Waals surface area contributed by atoms with Crippen LogP contribution in [0, 0.1) is 48.1 Å². The predicted molar refractivity (Wildman–Crippen MR) is 170 cm³/mol. The quantitative estimate of drug-likeness (QED) is 0.252. The van der Waals surface area contributed by atoms with E-state index in [0.717, 1.165) is 28.9 Å². The van der Waals surface area contributed by atoms with E-state index >= 15 is 0 Å². The van der Waals surface area contributed by atoms with Crippen LogP contribution in [-0.2, 0) is 5.41 Å². The minimum Gasteiger partial charge on any atom is -0.496 e. The number of unbranched alkanes of at least 4 members (excludes halogenated alkanes) is 1. The van der Waals surface area contributed by atoms with Crippen molar-refractivity contribution in [2.75, 3.05) is 25.1 Å². The number of benzene rings is 1. The zero-order valence-electron chi connectivity index (χ0n) is 24.8. The lowest BCUT2D eigenvalue weighted by atomic mass is 9.91. The van der Waals surface area contributed by atoms with Gasteiger partial charge in [0.1, 0.15) is 17.6 Å². The number of nitrogens with zero attached hydrogens (tertiary/aromatic N) is 5. The molecule has 0 bridgehead atoms. The summed E-state index contributed by atoms with van der Waals surface area (Å²) in [5, 5.41) is 16.3. The molecule has 8 heteroatoms. The average molecular weight is 576 g/mol. The smallest absolute Gasteiger partial charge is 0.189 e. The Labute approximate surface area is 251 Å². The van der Waals surface area contributed by atoms with Crippen molar-refractivity contribution in [2.24, 2.45) is 0 Å². The van der Waals surface area contributed by atoms with Gasteiger partial charge in [0.05, 0.1) is 23.4 Å². The fourth-order valence-corrected chi connectivity index (χ4v) is 5.37. The van der Waals surface area contributed by atoms with E-state index in [1.807, 2.05) is 0 Å². The van der Waals surface area contributed by atoms with Crippen LogP contribution in [0.3, 0.4) is 0 Å². The minimum atomic E-state index is -0.225. The fourth-order valence-electron chi connectivity index (χ4n) is 4.33. The zero-order valence-corrected chi connectivity index (χ0v) is 25.6. The highest BCUT2D eigenvalue weighted by atomic mass is 32.1. The summed E-state index contributed by atoms with van der Waals surface area (Å²) in [4.78, 5) is 3.57. The summed E-state index contributed by atoms with van der Waals surface area (Å²) in [5.41, 5.74) is 2.06. The molecule has 0 aliphatic heterocycles. The van der Waals surface area contributed by atoms with Gasteiger partial charge in [0.25, 0.3) is 0 Å². The summed E-state index contributed by atoms with van der Waals surface area (Å²) in [6.07, 6.45) is 12.2. The van der Waals surface area contributed by atoms with Gasteiger partial charge in [-0.3, -0.25) is 0 Å². The third kappa shape index (κ3) is 6.87. The molecule has 4 aromatic rings. The van der Waals surface area contributed by atoms with Gasteiger partial charge in [-0.25, -0.2) is 0 Å². The Morgan fingerprint density at radius 2 is 1.83 bits per heavy atom. The number of aromatic nitrogens is 4. The monoisotopic (exact) mass is 575 g/mol. The van der Waals surface area contributed by atoms with Crippen molar-refractivity contribution < 1.29 is 9.47 Å². The molecule has 0 N–H and O–H groups in total. The first-order valence-electron chi connectivity index (χ1n) is 13.7. The van der Waals surface area contributed by atoms with Crippen LogP contribution in [0.2, 0.25) is 0 Å². The van der Waals surface area contributed by atoms with Crippen molar-refractivity contribution in [3.05, 3.63) is 46.1 Å². The molecule has 4 rings (SSSR count). The van der Waals surface area contributed by atoms with Gasteiger partial charge < -0.3 is 14.4 Å². The van der Waals surface area contributed by atoms with Gasteiger partial charge >= 0.3 is 0 Å². The molecule has 212 valence electrons. The standard InChI is InChI=1S/C34H33N5O2S/c1-8-11-13-14-15-16-22-41-25-17-19-29(40-7)27(23-25)32-35-36-33-28(31(34(4,5)6)37-39(32)33)24-26-18-20-30(42-26)38(10-3)21-12-9-2/h1,17-20,23-24H,9-10,12,21H2,2-7H3/b28-24-. The molecule has 0 aliphatic carbocycles. The van der Waals surface area contributed by atoms with Crippen molar-refractivity contribution in [3.8, 4) is 70.9 Å². The molecule has 0 spiro atoms. The second-order valence-electron chi connectivity index (χ2n) is 10.4. The normalized spacial score (nSPS) is 11.0. The van der Waals surface area contributed by atoms with Gasteiger partial charge in [0.2, 0.25) is 0 Å². The highest BCUT2D eigenvalue weighted by Crippen LogP contribution is 2.33. The van der Waals surface area contributed by atoms with Gasteiger partial charge in [0.15, 0.2) is 11.5 Å². The van der Waals surface area contributed by atoms with E-state index in [1.54, 1.807) is 41.2 Å². The van der Waals surface area contributed by atoms with Crippen molar-refractivity contribution in [1.82, 2.24) is 19.8 Å². The first-order chi connectivity index (χ1) is 20.3. The number of anilines is 1. The summed E-state index contributed by atoms with van der Waals surface area (Å²) < 4.78 is 13.0. The van der Waals surface area contributed by atoms with E-state index in [4.69, 9.17) is 21.0 Å². The number of fused-ring (bicyclic) bond motifs is 1. The van der Waals surface area contributed by atoms with Gasteiger partial charge in [-0.1, -0.05) is 34.1 Å². The first-order valence-corrected chi connectivity index (χ1v) is 14.5. The van der Waals surface area contributed by atoms with E-state index in [-0.39, 0.29) is 5.41 Å². The number of hydrogen-bond donors (Lipinski definition) is 0. The van der Waals surface area contributed by atoms with E-state index < -0.39 is 0 Å². The van der Waals surface area contributed by atoms with Crippen LogP contribution in [0.25, 0.3) is 23.1 Å². The molecular weight excluding hydrogens is 542 g/mol. The van der Waals surface area contributed by atoms with Crippen LogP contribution < -0.4 is 19.6 Å². The van der Waals surface area contributed by atoms with Crippen LogP contribution in [0.5, 0.6) is 11.5 Å². The molecule has 3 heterocycles. The number of ether oxygens (including phenoxy) is 2. The van der Waals surface area contributed by atoms with E-state index in [0.29, 0.717) is 28.5 Å². The number of methoxy groups -OCH3 is 1. The third-order valence-corrected chi connectivity index (χ3v) is 7.47. The summed E-state index contributed by atoms with van der Waals surface area (Å²) in [5.74, 6) is 16.4. The van der Waals surface area contributed by atoms with Crippen LogP contribution in [0.15, 0.2) is 30.3 Å². The molecule has 0 fully saturated rings. The number of rotatable bonds is 9. The molecule has 1 aromatic carbocycles. The van der Waals surface area contributed by atoms with Crippen LogP contribution in [0.1, 0.15) is 58.0 Å². The first kappa shape index (κ1) is 30.1. The Bertz CT molecular complexity index is 1850. The van der Waals surface area contributed by atoms with Gasteiger partial charge in [-0.2, -0.15) is 9.61 Å². The second-order valence-corrected chi connectivity index (χ2v) is 11.5. The van der Waals surface area contributed by atoms with E-state index in [1.165, 1.54) is 17.8 Å². The molecular formula is C34H33N5O2S. The van der Waals surface area contributed by atoms with Crippen LogP contribution in [-0.4, -0.2) is 40.0 Å². The maximum atomic E-state index is 5.65. The SMILES string of the molecule is C#CC#CC#CC#COc1ccc(OC)c(-c2nnc3/c(=C\c4ccc(N(CC)CCCC)s4)c(C(C)(C)C)nn23)c1. The maximum Gasteiger partial charge on any atom is 0.189 e. The van der Waals surface area contributed by atoms with Crippen molar-refractivity contribution in [3.63, 3.8) is 0 Å². The van der Waals surface area contributed by atoms with E-state index in [2.05, 4.69) is 110 Å². The Kier molecular flexibility index (Phi) is 9.77. The lowest BCUT2D eigenvalue weighted by Gasteiger charge is -2.20. The molecule has 0 radical (unpaired) electrons. The molecule has 0 amide bonds. The molecule has 7 nitrogen and oxygen atoms in total. The van der Waals surface area contributed by atoms with Crippen molar-refractivity contribution in [1.29, 1.82) is 0 Å². The Balaban J connectivity index is 1.77. The number of thiophene rings is 1. The summed E-state index contributed by atoms with van der Waals surface area (Å²) >= 11 is 1.78. The highest BCUT2D eigenvalue weighted by Gasteiger charge is 2.25. The topological polar surface area (TPSA) is 64.8 Å². The molecule has 0 saturated heterocycles. The summed E-state index contributed by atoms with van der Waals surface area (Å²) in [6, 6.07) is 9.71. The Hall–Kier alpha value is -4.89. The lowest BCUT2D eigenvalue weighted by Crippen LogP contribution is -2.22. The van der Waals surface area contributed by atoms with E-state index in [9.17, 15) is 0 Å². The number of terminal acetylenes is 1. The molecule has 0 unspecified atom stereocenters. The predicted octanol–water partition coefficient (Wildman–Crippen LogP) is 5.31. The van der Waals surface area contributed by atoms with Crippen molar-refractivity contribution in [2.45, 2.75) is 52.9 Å². The average Bonchev–Trinajstić information content (AvgIpc) is 3.69. The van der Waals surface area contributed by atoms with Gasteiger partial charge in [-0.15, -0.1) is 28.0 Å². The highest BCUT2D eigenvalue weighted by molar-refractivity contribution is 7.16. The second kappa shape index (κ2) is 13.6. The minimum absolute atomic E-state index is 0.225. The summed E-state index contributed by atoms with van der Waals surface area (Å²) in [6.45, 7) is 12.9. The molecule has 0 saturated carbocycles. The number of hydrogen-bond acceptors (Lipinski definition) is 7. The zero-order chi connectivity index (χ0) is 30.1. The molecule has 3 aromatic heterocycles. The molecule has 0 aliphatic rings. The molecule has 0 atom stereocenters. The third-order valence-electron chi connectivity index (χ3n) is 6.38. The fraction of sp³-hybridized carbons (Fsp3) is 0.324. The molecule has 42 heavy (non-hydrogen) atoms. The van der Waals surface area contributed by atoms with Gasteiger partial charge in [-0.05, 0) is 67.5 Å². The Morgan fingerprint density at radius 3 is 2.55 bits per heavy atom. The van der Waals surface area contributed by atoms with Crippen LogP contribution >= 0.6 is 11.3 Å².